The number of benzene rings is 1. The maximum atomic E-state index is 14.9. The van der Waals surface area contributed by atoms with Crippen LogP contribution in [0.2, 0.25) is 0 Å². The van der Waals surface area contributed by atoms with Gasteiger partial charge in [-0.25, -0.2) is 18.9 Å². The van der Waals surface area contributed by atoms with Crippen molar-refractivity contribution in [1.82, 2.24) is 29.1 Å². The smallest absolute Gasteiger partial charge is 0.186 e. The molecule has 5 rings (SSSR count). The van der Waals surface area contributed by atoms with E-state index in [0.717, 1.165) is 29.3 Å². The zero-order valence-electron chi connectivity index (χ0n) is 14.5. The Morgan fingerprint density at radius 1 is 1.19 bits per heavy atom. The Kier molecular flexibility index (Phi) is 3.19. The molecule has 6 nitrogen and oxygen atoms in total. The Morgan fingerprint density at radius 2 is 2.04 bits per heavy atom. The lowest BCUT2D eigenvalue weighted by Gasteiger charge is -2.01. The van der Waals surface area contributed by atoms with Gasteiger partial charge in [0.15, 0.2) is 17.6 Å². The van der Waals surface area contributed by atoms with E-state index in [-0.39, 0.29) is 12.2 Å². The number of imidazole rings is 1. The first-order valence-corrected chi connectivity index (χ1v) is 8.57. The molecule has 1 aliphatic heterocycles. The van der Waals surface area contributed by atoms with Crippen LogP contribution in [0.3, 0.4) is 0 Å². The topological polar surface area (TPSA) is 60.9 Å². The summed E-state index contributed by atoms with van der Waals surface area (Å²) in [5.41, 5.74) is 5.25. The molecule has 7 heteroatoms. The molecule has 0 aliphatic carbocycles. The first kappa shape index (κ1) is 15.2. The lowest BCUT2D eigenvalue weighted by atomic mass is 10.1. The predicted molar refractivity (Wildman–Crippen MR) is 94.6 cm³/mol. The van der Waals surface area contributed by atoms with E-state index in [9.17, 15) is 4.39 Å². The minimum absolute atomic E-state index is 0.157. The third kappa shape index (κ3) is 2.23. The molecule has 0 saturated heterocycles. The molecule has 4 heterocycles. The molecule has 0 fully saturated rings. The van der Waals surface area contributed by atoms with E-state index in [1.807, 2.05) is 32.2 Å². The zero-order valence-corrected chi connectivity index (χ0v) is 14.5. The van der Waals surface area contributed by atoms with E-state index in [4.69, 9.17) is 0 Å². The third-order valence-corrected chi connectivity index (χ3v) is 4.82. The summed E-state index contributed by atoms with van der Waals surface area (Å²) in [5, 5.41) is 4.32. The molecule has 4 aromatic rings. The van der Waals surface area contributed by atoms with E-state index in [1.54, 1.807) is 10.7 Å². The summed E-state index contributed by atoms with van der Waals surface area (Å²) in [5.74, 6) is 1.08. The predicted octanol–water partition coefficient (Wildman–Crippen LogP) is 3.22. The molecule has 130 valence electrons. The standard InChI is InChI=1S/C19H17FN6/c1-11-8-21-12(2)18-23-17(24-26(11)18)16(20)7-14-10-25-9-13-5-3-4-6-15(13)19(25)22-14/h3-6,8,10,16H,7,9H2,1-2H3/t16-/m1/s1. The van der Waals surface area contributed by atoms with Crippen molar-refractivity contribution in [2.75, 3.05) is 0 Å². The summed E-state index contributed by atoms with van der Waals surface area (Å²) in [6.45, 7) is 4.51. The van der Waals surface area contributed by atoms with E-state index >= 15 is 0 Å². The quantitative estimate of drug-likeness (QED) is 0.502. The van der Waals surface area contributed by atoms with Gasteiger partial charge in [-0.15, -0.1) is 5.10 Å². The lowest BCUT2D eigenvalue weighted by molar-refractivity contribution is 0.324. The minimum Gasteiger partial charge on any atom is -0.326 e. The number of hydrogen-bond donors (Lipinski definition) is 0. The van der Waals surface area contributed by atoms with Gasteiger partial charge in [-0.05, 0) is 19.4 Å². The van der Waals surface area contributed by atoms with Crippen molar-refractivity contribution in [3.63, 3.8) is 0 Å². The number of hydrogen-bond acceptors (Lipinski definition) is 4. The van der Waals surface area contributed by atoms with Gasteiger partial charge < -0.3 is 4.57 Å². The number of rotatable bonds is 3. The summed E-state index contributed by atoms with van der Waals surface area (Å²) >= 11 is 0. The molecular weight excluding hydrogens is 331 g/mol. The van der Waals surface area contributed by atoms with Crippen LogP contribution in [0, 0.1) is 13.8 Å². The number of fused-ring (bicyclic) bond motifs is 4. The SMILES string of the molecule is Cc1ncc(C)n2nc([C@H](F)Cc3cn4c(n3)-c3ccccc3C4)nc12. The number of halogens is 1. The number of alkyl halides is 1. The summed E-state index contributed by atoms with van der Waals surface area (Å²) in [6, 6.07) is 8.18. The van der Waals surface area contributed by atoms with E-state index in [1.165, 1.54) is 5.56 Å². The fourth-order valence-corrected chi connectivity index (χ4v) is 3.48. The second-order valence-corrected chi connectivity index (χ2v) is 6.70. The third-order valence-electron chi connectivity index (χ3n) is 4.82. The molecule has 0 spiro atoms. The first-order chi connectivity index (χ1) is 12.6. The largest absolute Gasteiger partial charge is 0.326 e. The number of aryl methyl sites for hydroxylation is 2. The lowest BCUT2D eigenvalue weighted by Crippen LogP contribution is -2.01. The average molecular weight is 348 g/mol. The molecule has 0 amide bonds. The highest BCUT2D eigenvalue weighted by molar-refractivity contribution is 5.65. The molecule has 0 unspecified atom stereocenters. The van der Waals surface area contributed by atoms with E-state index in [2.05, 4.69) is 36.8 Å². The van der Waals surface area contributed by atoms with Gasteiger partial charge in [-0.2, -0.15) is 0 Å². The fourth-order valence-electron chi connectivity index (χ4n) is 3.48. The molecule has 1 aliphatic rings. The van der Waals surface area contributed by atoms with Crippen LogP contribution in [0.25, 0.3) is 17.0 Å². The Morgan fingerprint density at radius 3 is 2.88 bits per heavy atom. The average Bonchev–Trinajstić information content (AvgIpc) is 3.31. The maximum absolute atomic E-state index is 14.9. The highest BCUT2D eigenvalue weighted by atomic mass is 19.1. The van der Waals surface area contributed by atoms with E-state index < -0.39 is 6.17 Å². The van der Waals surface area contributed by atoms with Crippen molar-refractivity contribution in [3.05, 3.63) is 65.1 Å². The Balaban J connectivity index is 1.45. The van der Waals surface area contributed by atoms with Crippen molar-refractivity contribution >= 4 is 5.65 Å². The summed E-state index contributed by atoms with van der Waals surface area (Å²) < 4.78 is 18.6. The second-order valence-electron chi connectivity index (χ2n) is 6.70. The van der Waals surface area contributed by atoms with E-state index in [0.29, 0.717) is 11.3 Å². The van der Waals surface area contributed by atoms with Crippen LogP contribution in [-0.4, -0.2) is 29.1 Å². The number of aromatic nitrogens is 6. The van der Waals surface area contributed by atoms with Gasteiger partial charge in [0.05, 0.1) is 17.1 Å². The van der Waals surface area contributed by atoms with Gasteiger partial charge in [-0.3, -0.25) is 4.98 Å². The molecule has 0 N–H and O–H groups in total. The Hall–Kier alpha value is -3.09. The van der Waals surface area contributed by atoms with Crippen LogP contribution >= 0.6 is 0 Å². The van der Waals surface area contributed by atoms with Gasteiger partial charge in [0, 0.05) is 30.9 Å². The normalized spacial score (nSPS) is 13.8. The van der Waals surface area contributed by atoms with Gasteiger partial charge in [0.1, 0.15) is 5.82 Å². The van der Waals surface area contributed by atoms with Crippen molar-refractivity contribution in [2.24, 2.45) is 0 Å². The van der Waals surface area contributed by atoms with Crippen LogP contribution in [0.5, 0.6) is 0 Å². The molecule has 26 heavy (non-hydrogen) atoms. The molecular formula is C19H17FN6. The molecule has 0 radical (unpaired) electrons. The summed E-state index contributed by atoms with van der Waals surface area (Å²) in [4.78, 5) is 13.2. The van der Waals surface area contributed by atoms with Gasteiger partial charge in [0.2, 0.25) is 0 Å². The fraction of sp³-hybridized carbons (Fsp3) is 0.263. The van der Waals surface area contributed by atoms with Gasteiger partial charge >= 0.3 is 0 Å². The van der Waals surface area contributed by atoms with Crippen LogP contribution < -0.4 is 0 Å². The highest BCUT2D eigenvalue weighted by Crippen LogP contribution is 2.32. The maximum Gasteiger partial charge on any atom is 0.186 e. The summed E-state index contributed by atoms with van der Waals surface area (Å²) in [7, 11) is 0. The molecule has 0 bridgehead atoms. The molecule has 3 aromatic heterocycles. The Bertz CT molecular complexity index is 1100. The highest BCUT2D eigenvalue weighted by Gasteiger charge is 2.24. The molecule has 0 saturated carbocycles. The summed E-state index contributed by atoms with van der Waals surface area (Å²) in [6.07, 6.45) is 2.49. The minimum atomic E-state index is -1.31. The zero-order chi connectivity index (χ0) is 17.8. The second kappa shape index (κ2) is 5.45. The van der Waals surface area contributed by atoms with Crippen molar-refractivity contribution in [1.29, 1.82) is 0 Å². The van der Waals surface area contributed by atoms with Crippen LogP contribution in [-0.2, 0) is 13.0 Å². The molecule has 1 atom stereocenters. The number of nitrogens with zero attached hydrogens (tertiary/aromatic N) is 6. The van der Waals surface area contributed by atoms with Crippen LogP contribution in [0.15, 0.2) is 36.7 Å². The van der Waals surface area contributed by atoms with Crippen LogP contribution in [0.4, 0.5) is 4.39 Å². The van der Waals surface area contributed by atoms with Crippen molar-refractivity contribution in [3.8, 4) is 11.4 Å². The molecule has 1 aromatic carbocycles. The van der Waals surface area contributed by atoms with Gasteiger partial charge in [0.25, 0.3) is 0 Å². The monoisotopic (exact) mass is 348 g/mol. The van der Waals surface area contributed by atoms with Crippen LogP contribution in [0.1, 0.15) is 34.6 Å². The first-order valence-electron chi connectivity index (χ1n) is 8.57. The van der Waals surface area contributed by atoms with Crippen molar-refractivity contribution in [2.45, 2.75) is 33.0 Å². The van der Waals surface area contributed by atoms with Crippen molar-refractivity contribution < 1.29 is 4.39 Å². The Labute approximate surface area is 149 Å². The van der Waals surface area contributed by atoms with Gasteiger partial charge in [-0.1, -0.05) is 24.3 Å².